The minimum atomic E-state index is -4.52. The Hall–Kier alpha value is -1.34. The van der Waals surface area contributed by atoms with Gasteiger partial charge in [-0.05, 0) is 42.8 Å². The highest BCUT2D eigenvalue weighted by Gasteiger charge is 2.33. The predicted molar refractivity (Wildman–Crippen MR) is 80.7 cm³/mol. The van der Waals surface area contributed by atoms with Crippen LogP contribution in [0.5, 0.6) is 0 Å². The Balaban J connectivity index is 2.66. The lowest BCUT2D eigenvalue weighted by atomic mass is 10.1. The third-order valence-corrected chi connectivity index (χ3v) is 5.45. The summed E-state index contributed by atoms with van der Waals surface area (Å²) in [6, 6.07) is 10.3. The van der Waals surface area contributed by atoms with E-state index in [0.717, 1.165) is 18.2 Å². The number of benzene rings is 2. The summed E-state index contributed by atoms with van der Waals surface area (Å²) in [5.41, 5.74) is -0.792. The average molecular weight is 393 g/mol. The molecule has 0 aromatic heterocycles. The molecular weight excluding hydrogens is 381 g/mol. The van der Waals surface area contributed by atoms with Gasteiger partial charge in [0, 0.05) is 4.83 Å². The van der Waals surface area contributed by atoms with Gasteiger partial charge < -0.3 is 0 Å². The zero-order valence-electron chi connectivity index (χ0n) is 11.4. The van der Waals surface area contributed by atoms with E-state index in [0.29, 0.717) is 0 Å². The lowest BCUT2D eigenvalue weighted by molar-refractivity contribution is -0.137. The van der Waals surface area contributed by atoms with Crippen molar-refractivity contribution in [3.05, 3.63) is 59.7 Å². The van der Waals surface area contributed by atoms with Crippen LogP contribution < -0.4 is 0 Å². The highest BCUT2D eigenvalue weighted by atomic mass is 79.9. The molecule has 0 heterocycles. The smallest absolute Gasteiger partial charge is 0.219 e. The molecule has 0 saturated carbocycles. The standard InChI is InChI=1S/C15H12BrF3O2S/c1-10(16)13-9-11(15(17,18)19)7-8-14(13)22(20,21)12-5-3-2-4-6-12/h2-10H,1H3. The minimum Gasteiger partial charge on any atom is -0.219 e. The summed E-state index contributed by atoms with van der Waals surface area (Å²) >= 11 is 3.17. The second-order valence-electron chi connectivity index (χ2n) is 4.68. The van der Waals surface area contributed by atoms with E-state index in [1.165, 1.54) is 12.1 Å². The Bertz CT molecular complexity index is 769. The molecule has 0 spiro atoms. The first-order valence-corrected chi connectivity index (χ1v) is 8.69. The van der Waals surface area contributed by atoms with Crippen molar-refractivity contribution in [2.45, 2.75) is 27.7 Å². The Morgan fingerprint density at radius 2 is 1.64 bits per heavy atom. The van der Waals surface area contributed by atoms with Crippen LogP contribution in [0.2, 0.25) is 0 Å². The second kappa shape index (κ2) is 6.04. The molecule has 0 amide bonds. The molecule has 0 N–H and O–H groups in total. The van der Waals surface area contributed by atoms with Gasteiger partial charge in [0.25, 0.3) is 0 Å². The van der Waals surface area contributed by atoms with Crippen molar-refractivity contribution >= 4 is 25.8 Å². The van der Waals surface area contributed by atoms with E-state index in [-0.39, 0.29) is 15.4 Å². The van der Waals surface area contributed by atoms with Crippen molar-refractivity contribution in [1.82, 2.24) is 0 Å². The SMILES string of the molecule is CC(Br)c1cc(C(F)(F)F)ccc1S(=O)(=O)c1ccccc1. The molecule has 2 aromatic carbocycles. The number of alkyl halides is 4. The van der Waals surface area contributed by atoms with Gasteiger partial charge in [0.15, 0.2) is 0 Å². The Labute approximate surface area is 135 Å². The summed E-state index contributed by atoms with van der Waals surface area (Å²) in [6.45, 7) is 1.58. The van der Waals surface area contributed by atoms with Crippen LogP contribution in [0, 0.1) is 0 Å². The van der Waals surface area contributed by atoms with Gasteiger partial charge in [-0.3, -0.25) is 0 Å². The molecule has 0 saturated heterocycles. The summed E-state index contributed by atoms with van der Waals surface area (Å²) in [4.78, 5) is -0.622. The van der Waals surface area contributed by atoms with Crippen LogP contribution in [-0.2, 0) is 16.0 Å². The maximum atomic E-state index is 12.8. The van der Waals surface area contributed by atoms with Crippen LogP contribution >= 0.6 is 15.9 Å². The van der Waals surface area contributed by atoms with E-state index in [4.69, 9.17) is 0 Å². The van der Waals surface area contributed by atoms with Crippen LogP contribution in [0.25, 0.3) is 0 Å². The van der Waals surface area contributed by atoms with Gasteiger partial charge in [0.2, 0.25) is 9.84 Å². The van der Waals surface area contributed by atoms with Crippen LogP contribution in [0.3, 0.4) is 0 Å². The molecule has 0 radical (unpaired) electrons. The number of hydrogen-bond donors (Lipinski definition) is 0. The van der Waals surface area contributed by atoms with Crippen molar-refractivity contribution in [3.8, 4) is 0 Å². The molecular formula is C15H12BrF3O2S. The van der Waals surface area contributed by atoms with E-state index >= 15 is 0 Å². The summed E-state index contributed by atoms with van der Waals surface area (Å²) in [7, 11) is -3.87. The maximum Gasteiger partial charge on any atom is 0.416 e. The molecule has 2 rings (SSSR count). The van der Waals surface area contributed by atoms with E-state index in [9.17, 15) is 21.6 Å². The first-order valence-electron chi connectivity index (χ1n) is 6.29. The zero-order valence-corrected chi connectivity index (χ0v) is 13.8. The Morgan fingerprint density at radius 1 is 1.05 bits per heavy atom. The van der Waals surface area contributed by atoms with Crippen LogP contribution in [0.15, 0.2) is 58.3 Å². The van der Waals surface area contributed by atoms with Crippen molar-refractivity contribution in [1.29, 1.82) is 0 Å². The van der Waals surface area contributed by atoms with E-state index in [1.54, 1.807) is 25.1 Å². The van der Waals surface area contributed by atoms with Crippen LogP contribution in [0.1, 0.15) is 22.9 Å². The Kier molecular flexibility index (Phi) is 4.67. The highest BCUT2D eigenvalue weighted by Crippen LogP contribution is 2.37. The molecule has 0 aliphatic carbocycles. The molecule has 7 heteroatoms. The lowest BCUT2D eigenvalue weighted by Gasteiger charge is -2.15. The number of sulfone groups is 1. The first-order chi connectivity index (χ1) is 10.1. The molecule has 0 aliphatic rings. The van der Waals surface area contributed by atoms with Gasteiger partial charge in [-0.2, -0.15) is 13.2 Å². The molecule has 0 aliphatic heterocycles. The lowest BCUT2D eigenvalue weighted by Crippen LogP contribution is -2.10. The normalized spacial score (nSPS) is 13.9. The second-order valence-corrected chi connectivity index (χ2v) is 7.97. The maximum absolute atomic E-state index is 12.8. The van der Waals surface area contributed by atoms with Gasteiger partial charge in [0.05, 0.1) is 15.4 Å². The molecule has 118 valence electrons. The Morgan fingerprint density at radius 3 is 2.14 bits per heavy atom. The zero-order chi connectivity index (χ0) is 16.5. The topological polar surface area (TPSA) is 34.1 Å². The fourth-order valence-electron chi connectivity index (χ4n) is 2.01. The molecule has 1 atom stereocenters. The summed E-state index contributed by atoms with van der Waals surface area (Å²) in [5.74, 6) is 0. The van der Waals surface area contributed by atoms with Gasteiger partial charge >= 0.3 is 6.18 Å². The summed E-state index contributed by atoms with van der Waals surface area (Å²) in [6.07, 6.45) is -4.52. The number of hydrogen-bond acceptors (Lipinski definition) is 2. The molecule has 22 heavy (non-hydrogen) atoms. The monoisotopic (exact) mass is 392 g/mol. The molecule has 0 fully saturated rings. The van der Waals surface area contributed by atoms with Crippen molar-refractivity contribution in [3.63, 3.8) is 0 Å². The van der Waals surface area contributed by atoms with E-state index in [1.807, 2.05) is 0 Å². The van der Waals surface area contributed by atoms with Gasteiger partial charge in [0.1, 0.15) is 0 Å². The van der Waals surface area contributed by atoms with Crippen LogP contribution in [-0.4, -0.2) is 8.42 Å². The third kappa shape index (κ3) is 3.35. The highest BCUT2D eigenvalue weighted by molar-refractivity contribution is 9.09. The quantitative estimate of drug-likeness (QED) is 0.689. The van der Waals surface area contributed by atoms with Crippen LogP contribution in [0.4, 0.5) is 13.2 Å². The first kappa shape index (κ1) is 17.0. The fraction of sp³-hybridized carbons (Fsp3) is 0.200. The van der Waals surface area contributed by atoms with Gasteiger partial charge in [-0.1, -0.05) is 34.1 Å². The number of halogens is 4. The minimum absolute atomic E-state index is 0.0455. The molecule has 1 unspecified atom stereocenters. The third-order valence-electron chi connectivity index (χ3n) is 3.11. The van der Waals surface area contributed by atoms with E-state index in [2.05, 4.69) is 15.9 Å². The molecule has 2 aromatic rings. The summed E-state index contributed by atoms with van der Waals surface area (Å²) < 4.78 is 63.7. The average Bonchev–Trinajstić information content (AvgIpc) is 2.46. The predicted octanol–water partition coefficient (Wildman–Crippen LogP) is 4.99. The largest absolute Gasteiger partial charge is 0.416 e. The molecule has 2 nitrogen and oxygen atoms in total. The number of rotatable bonds is 3. The van der Waals surface area contributed by atoms with Gasteiger partial charge in [-0.25, -0.2) is 8.42 Å². The molecule has 0 bridgehead atoms. The van der Waals surface area contributed by atoms with Crippen molar-refractivity contribution in [2.75, 3.05) is 0 Å². The summed E-state index contributed by atoms with van der Waals surface area (Å²) in [5, 5.41) is 0. The van der Waals surface area contributed by atoms with E-state index < -0.39 is 26.4 Å². The van der Waals surface area contributed by atoms with Gasteiger partial charge in [-0.15, -0.1) is 0 Å². The van der Waals surface area contributed by atoms with Crippen molar-refractivity contribution < 1.29 is 21.6 Å². The van der Waals surface area contributed by atoms with Crippen molar-refractivity contribution in [2.24, 2.45) is 0 Å². The fourth-order valence-corrected chi connectivity index (χ4v) is 4.10.